The molecule has 1 N–H and O–H groups in total. The molecule has 2 aliphatic carbocycles. The minimum absolute atomic E-state index is 0.0439. The van der Waals surface area contributed by atoms with Crippen LogP contribution in [-0.4, -0.2) is 22.0 Å². The van der Waals surface area contributed by atoms with Gasteiger partial charge in [-0.1, -0.05) is 12.1 Å². The van der Waals surface area contributed by atoms with Crippen LogP contribution >= 0.6 is 0 Å². The third-order valence-corrected chi connectivity index (χ3v) is 4.65. The van der Waals surface area contributed by atoms with Gasteiger partial charge in [0.2, 0.25) is 17.6 Å². The van der Waals surface area contributed by atoms with Crippen molar-refractivity contribution in [2.24, 2.45) is 11.8 Å². The number of hydrogen-bond donors (Lipinski definition) is 1. The van der Waals surface area contributed by atoms with Crippen molar-refractivity contribution in [2.75, 3.05) is 5.32 Å². The summed E-state index contributed by atoms with van der Waals surface area (Å²) in [5.74, 6) is -0.157. The number of aromatic nitrogens is 2. The van der Waals surface area contributed by atoms with E-state index in [4.69, 9.17) is 9.26 Å². The topological polar surface area (TPSA) is 94.3 Å². The highest BCUT2D eigenvalue weighted by Crippen LogP contribution is 2.39. The molecule has 0 saturated heterocycles. The molecule has 1 aromatic heterocycles. The van der Waals surface area contributed by atoms with Gasteiger partial charge in [-0.2, -0.15) is 4.98 Å². The lowest BCUT2D eigenvalue weighted by atomic mass is 10.1. The fourth-order valence-electron chi connectivity index (χ4n) is 2.74. The fourth-order valence-corrected chi connectivity index (χ4v) is 2.74. The van der Waals surface area contributed by atoms with E-state index in [1.54, 1.807) is 0 Å². The second-order valence-electron chi connectivity index (χ2n) is 6.90. The van der Waals surface area contributed by atoms with Crippen molar-refractivity contribution in [1.29, 1.82) is 0 Å². The molecule has 2 saturated carbocycles. The van der Waals surface area contributed by atoms with E-state index in [1.807, 2.05) is 6.92 Å². The highest BCUT2D eigenvalue weighted by atomic mass is 19.1. The van der Waals surface area contributed by atoms with Crippen molar-refractivity contribution in [1.82, 2.24) is 10.1 Å². The summed E-state index contributed by atoms with van der Waals surface area (Å²) in [6, 6.07) is 3.58. The predicted molar refractivity (Wildman–Crippen MR) is 87.7 cm³/mol. The van der Waals surface area contributed by atoms with E-state index < -0.39 is 11.8 Å². The number of ether oxygens (including phenoxy) is 1. The Morgan fingerprint density at radius 2 is 2.15 bits per heavy atom. The summed E-state index contributed by atoms with van der Waals surface area (Å²) in [7, 11) is 0. The van der Waals surface area contributed by atoms with Crippen LogP contribution in [-0.2, 0) is 16.1 Å². The van der Waals surface area contributed by atoms with E-state index in [9.17, 15) is 14.0 Å². The van der Waals surface area contributed by atoms with Crippen LogP contribution in [0.3, 0.4) is 0 Å². The van der Waals surface area contributed by atoms with E-state index in [0.717, 1.165) is 25.3 Å². The Morgan fingerprint density at radius 1 is 1.38 bits per heavy atom. The first kappa shape index (κ1) is 16.7. The van der Waals surface area contributed by atoms with Crippen molar-refractivity contribution in [3.8, 4) is 0 Å². The summed E-state index contributed by atoms with van der Waals surface area (Å²) in [6.07, 6.45) is 2.86. The van der Waals surface area contributed by atoms with Gasteiger partial charge in [0.25, 0.3) is 0 Å². The number of anilines is 1. The number of nitrogens with zero attached hydrogens (tertiary/aromatic N) is 2. The summed E-state index contributed by atoms with van der Waals surface area (Å²) < 4.78 is 23.8. The number of hydrogen-bond acceptors (Lipinski definition) is 6. The Hall–Kier alpha value is -2.77. The van der Waals surface area contributed by atoms with Crippen LogP contribution in [0.2, 0.25) is 0 Å². The van der Waals surface area contributed by atoms with Gasteiger partial charge in [0.1, 0.15) is 5.82 Å². The molecule has 2 aromatic rings. The summed E-state index contributed by atoms with van der Waals surface area (Å²) in [5.41, 5.74) is 0.185. The zero-order valence-electron chi connectivity index (χ0n) is 14.2. The molecular weight excluding hydrogens is 341 g/mol. The quantitative estimate of drug-likeness (QED) is 0.797. The van der Waals surface area contributed by atoms with Gasteiger partial charge < -0.3 is 14.6 Å². The SMILES string of the molecule is C[C@@H]1C[C@H]1C(=O)Nc1ccc(F)cc1C(=O)OCc1noc(C2CC2)n1. The first-order chi connectivity index (χ1) is 12.5. The van der Waals surface area contributed by atoms with Gasteiger partial charge in [0.15, 0.2) is 6.61 Å². The molecule has 7 nitrogen and oxygen atoms in total. The van der Waals surface area contributed by atoms with E-state index in [1.165, 1.54) is 12.1 Å². The largest absolute Gasteiger partial charge is 0.454 e. The van der Waals surface area contributed by atoms with Crippen LogP contribution < -0.4 is 5.32 Å². The standard InChI is InChI=1S/C18H18FN3O4/c1-9-6-12(9)16(23)20-14-5-4-11(19)7-13(14)18(24)25-8-15-21-17(26-22-15)10-2-3-10/h4-5,7,9-10,12H,2-3,6,8H2,1H3,(H,20,23)/t9-,12-/m1/s1. The lowest BCUT2D eigenvalue weighted by molar-refractivity contribution is -0.117. The highest BCUT2D eigenvalue weighted by Gasteiger charge is 2.39. The van der Waals surface area contributed by atoms with E-state index >= 15 is 0 Å². The van der Waals surface area contributed by atoms with Gasteiger partial charge in [0.05, 0.1) is 11.3 Å². The summed E-state index contributed by atoms with van der Waals surface area (Å²) in [5, 5.41) is 6.44. The number of carbonyl (C=O) groups excluding carboxylic acids is 2. The molecule has 8 heteroatoms. The van der Waals surface area contributed by atoms with Crippen molar-refractivity contribution >= 4 is 17.6 Å². The Bertz CT molecular complexity index is 862. The minimum Gasteiger partial charge on any atom is -0.454 e. The molecule has 136 valence electrons. The molecule has 0 aliphatic heterocycles. The Morgan fingerprint density at radius 3 is 2.85 bits per heavy atom. The normalized spacial score (nSPS) is 21.3. The van der Waals surface area contributed by atoms with Crippen LogP contribution in [0.1, 0.15) is 54.2 Å². The third-order valence-electron chi connectivity index (χ3n) is 4.65. The maximum absolute atomic E-state index is 13.6. The zero-order chi connectivity index (χ0) is 18.3. The average molecular weight is 359 g/mol. The molecule has 0 unspecified atom stereocenters. The van der Waals surface area contributed by atoms with Crippen molar-refractivity contribution in [2.45, 2.75) is 38.7 Å². The van der Waals surface area contributed by atoms with Crippen molar-refractivity contribution in [3.05, 3.63) is 41.3 Å². The Kier molecular flexibility index (Phi) is 4.18. The van der Waals surface area contributed by atoms with Gasteiger partial charge >= 0.3 is 5.97 Å². The first-order valence-corrected chi connectivity index (χ1v) is 8.61. The summed E-state index contributed by atoms with van der Waals surface area (Å²) in [4.78, 5) is 28.6. The number of nitrogens with one attached hydrogen (secondary N) is 1. The fraction of sp³-hybridized carbons (Fsp3) is 0.444. The lowest BCUT2D eigenvalue weighted by Crippen LogP contribution is -2.18. The molecular formula is C18H18FN3O4. The number of esters is 1. The van der Waals surface area contributed by atoms with E-state index in [0.29, 0.717) is 17.7 Å². The number of halogens is 1. The van der Waals surface area contributed by atoms with Crippen LogP contribution in [0.4, 0.5) is 10.1 Å². The predicted octanol–water partition coefficient (Wildman–Crippen LogP) is 3.04. The molecule has 2 fully saturated rings. The zero-order valence-corrected chi connectivity index (χ0v) is 14.2. The monoisotopic (exact) mass is 359 g/mol. The second kappa shape index (κ2) is 6.51. The number of carbonyl (C=O) groups is 2. The smallest absolute Gasteiger partial charge is 0.340 e. The molecule has 0 radical (unpaired) electrons. The van der Waals surface area contributed by atoms with Gasteiger partial charge in [-0.15, -0.1) is 0 Å². The maximum atomic E-state index is 13.6. The molecule has 1 aromatic carbocycles. The molecule has 4 rings (SSSR count). The Labute approximate surface area is 148 Å². The number of rotatable bonds is 6. The maximum Gasteiger partial charge on any atom is 0.340 e. The molecule has 0 bridgehead atoms. The van der Waals surface area contributed by atoms with Crippen LogP contribution in [0.15, 0.2) is 22.7 Å². The van der Waals surface area contributed by atoms with Gasteiger partial charge in [-0.05, 0) is 43.4 Å². The number of amides is 1. The number of benzene rings is 1. The molecule has 1 heterocycles. The minimum atomic E-state index is -0.763. The molecule has 2 aliphatic rings. The van der Waals surface area contributed by atoms with Crippen LogP contribution in [0.5, 0.6) is 0 Å². The van der Waals surface area contributed by atoms with Crippen molar-refractivity contribution in [3.63, 3.8) is 0 Å². The molecule has 1 amide bonds. The Balaban J connectivity index is 1.43. The highest BCUT2D eigenvalue weighted by molar-refractivity contribution is 6.02. The second-order valence-corrected chi connectivity index (χ2v) is 6.90. The van der Waals surface area contributed by atoms with Gasteiger partial charge in [-0.25, -0.2) is 9.18 Å². The summed E-state index contributed by atoms with van der Waals surface area (Å²) >= 11 is 0. The van der Waals surface area contributed by atoms with Crippen LogP contribution in [0, 0.1) is 17.7 Å². The van der Waals surface area contributed by atoms with Gasteiger partial charge in [0, 0.05) is 11.8 Å². The van der Waals surface area contributed by atoms with Crippen LogP contribution in [0.25, 0.3) is 0 Å². The van der Waals surface area contributed by atoms with Gasteiger partial charge in [-0.3, -0.25) is 4.79 Å². The average Bonchev–Trinajstić information content (AvgIpc) is 3.54. The van der Waals surface area contributed by atoms with Crippen molar-refractivity contribution < 1.29 is 23.2 Å². The molecule has 26 heavy (non-hydrogen) atoms. The first-order valence-electron chi connectivity index (χ1n) is 8.61. The van der Waals surface area contributed by atoms with E-state index in [2.05, 4.69) is 15.5 Å². The molecule has 0 spiro atoms. The van der Waals surface area contributed by atoms with E-state index in [-0.39, 0.29) is 35.5 Å². The lowest BCUT2D eigenvalue weighted by Gasteiger charge is -2.10. The summed E-state index contributed by atoms with van der Waals surface area (Å²) in [6.45, 7) is 1.80. The molecule has 2 atom stereocenters. The third kappa shape index (κ3) is 3.58.